The highest BCUT2D eigenvalue weighted by Gasteiger charge is 2.28. The molecule has 1 amide bonds. The van der Waals surface area contributed by atoms with Crippen molar-refractivity contribution in [2.45, 2.75) is 26.1 Å². The second-order valence-corrected chi connectivity index (χ2v) is 5.80. The van der Waals surface area contributed by atoms with Crippen LogP contribution in [0.1, 0.15) is 24.2 Å². The van der Waals surface area contributed by atoms with Crippen LogP contribution in [0.5, 0.6) is 0 Å². The molecule has 1 saturated heterocycles. The van der Waals surface area contributed by atoms with Crippen LogP contribution in [0.3, 0.4) is 0 Å². The predicted octanol–water partition coefficient (Wildman–Crippen LogP) is 1.94. The average Bonchev–Trinajstić information content (AvgIpc) is 3.23. The number of carbonyl (C=O) groups excluding carboxylic acids is 1. The lowest BCUT2D eigenvalue weighted by atomic mass is 10.1. The molecule has 0 radical (unpaired) electrons. The fourth-order valence-corrected chi connectivity index (χ4v) is 2.55. The quantitative estimate of drug-likeness (QED) is 0.911. The van der Waals surface area contributed by atoms with E-state index in [0.717, 1.165) is 5.56 Å². The van der Waals surface area contributed by atoms with E-state index in [1.165, 1.54) is 0 Å². The Labute approximate surface area is 134 Å². The summed E-state index contributed by atoms with van der Waals surface area (Å²) in [5.74, 6) is -0.0622. The SMILES string of the molecule is CC(C)OCC1CN(C(=O)c2cn[nH]c2-c2ccoc2)CCO1. The van der Waals surface area contributed by atoms with E-state index in [1.807, 2.05) is 13.8 Å². The zero-order valence-electron chi connectivity index (χ0n) is 13.3. The lowest BCUT2D eigenvalue weighted by molar-refractivity contribution is -0.0725. The minimum absolute atomic E-state index is 0.0622. The standard InChI is InChI=1S/C16H21N3O4/c1-11(2)23-10-13-8-19(4-6-22-13)16(20)14-7-17-18-15(14)12-3-5-21-9-12/h3,5,7,9,11,13H,4,6,8,10H2,1-2H3,(H,17,18). The van der Waals surface area contributed by atoms with E-state index in [1.54, 1.807) is 29.7 Å². The molecule has 1 N–H and O–H groups in total. The number of hydrogen-bond donors (Lipinski definition) is 1. The van der Waals surface area contributed by atoms with Gasteiger partial charge in [0, 0.05) is 18.7 Å². The van der Waals surface area contributed by atoms with Gasteiger partial charge in [-0.2, -0.15) is 5.10 Å². The topological polar surface area (TPSA) is 80.6 Å². The maximum absolute atomic E-state index is 12.8. The van der Waals surface area contributed by atoms with Crippen LogP contribution in [0.4, 0.5) is 0 Å². The largest absolute Gasteiger partial charge is 0.472 e. The Morgan fingerprint density at radius 3 is 3.17 bits per heavy atom. The first-order valence-electron chi connectivity index (χ1n) is 7.73. The molecule has 2 aromatic heterocycles. The summed E-state index contributed by atoms with van der Waals surface area (Å²) in [5.41, 5.74) is 2.01. The first-order valence-corrected chi connectivity index (χ1v) is 7.73. The minimum atomic E-state index is -0.0978. The molecule has 0 spiro atoms. The summed E-state index contributed by atoms with van der Waals surface area (Å²) in [7, 11) is 0. The Morgan fingerprint density at radius 1 is 1.57 bits per heavy atom. The number of aromatic amines is 1. The number of aromatic nitrogens is 2. The zero-order valence-corrected chi connectivity index (χ0v) is 13.3. The number of amides is 1. The molecule has 1 unspecified atom stereocenters. The number of carbonyl (C=O) groups is 1. The number of hydrogen-bond acceptors (Lipinski definition) is 5. The van der Waals surface area contributed by atoms with Crippen molar-refractivity contribution in [3.8, 4) is 11.3 Å². The summed E-state index contributed by atoms with van der Waals surface area (Å²) in [5, 5.41) is 6.87. The van der Waals surface area contributed by atoms with Crippen LogP contribution in [0.2, 0.25) is 0 Å². The van der Waals surface area contributed by atoms with Crippen LogP contribution >= 0.6 is 0 Å². The van der Waals surface area contributed by atoms with Gasteiger partial charge >= 0.3 is 0 Å². The Kier molecular flexibility index (Phi) is 4.78. The van der Waals surface area contributed by atoms with Gasteiger partial charge in [0.05, 0.1) is 55.4 Å². The Balaban J connectivity index is 1.70. The molecule has 2 aromatic rings. The lowest BCUT2D eigenvalue weighted by Crippen LogP contribution is -2.47. The molecule has 0 aromatic carbocycles. The average molecular weight is 319 g/mol. The van der Waals surface area contributed by atoms with Crippen molar-refractivity contribution in [2.75, 3.05) is 26.3 Å². The van der Waals surface area contributed by atoms with Crippen LogP contribution < -0.4 is 0 Å². The van der Waals surface area contributed by atoms with Crippen molar-refractivity contribution in [1.82, 2.24) is 15.1 Å². The molecule has 1 fully saturated rings. The second-order valence-electron chi connectivity index (χ2n) is 5.80. The van der Waals surface area contributed by atoms with E-state index >= 15 is 0 Å². The first kappa shape index (κ1) is 15.8. The normalized spacial score (nSPS) is 18.6. The number of nitrogens with one attached hydrogen (secondary N) is 1. The van der Waals surface area contributed by atoms with Crippen LogP contribution in [0.15, 0.2) is 29.2 Å². The van der Waals surface area contributed by atoms with Gasteiger partial charge in [-0.15, -0.1) is 0 Å². The third kappa shape index (κ3) is 3.62. The molecule has 3 rings (SSSR count). The first-order chi connectivity index (χ1) is 11.1. The van der Waals surface area contributed by atoms with Crippen molar-refractivity contribution in [3.63, 3.8) is 0 Å². The second kappa shape index (κ2) is 6.97. The highest BCUT2D eigenvalue weighted by molar-refractivity contribution is 5.99. The van der Waals surface area contributed by atoms with E-state index < -0.39 is 0 Å². The maximum Gasteiger partial charge on any atom is 0.257 e. The number of H-pyrrole nitrogens is 1. The van der Waals surface area contributed by atoms with Crippen molar-refractivity contribution in [1.29, 1.82) is 0 Å². The predicted molar refractivity (Wildman–Crippen MR) is 83.0 cm³/mol. The Bertz CT molecular complexity index is 636. The fraction of sp³-hybridized carbons (Fsp3) is 0.500. The number of nitrogens with zero attached hydrogens (tertiary/aromatic N) is 2. The Hall–Kier alpha value is -2.12. The molecule has 1 atom stereocenters. The van der Waals surface area contributed by atoms with Gasteiger partial charge in [-0.05, 0) is 19.9 Å². The molecule has 0 aliphatic carbocycles. The zero-order chi connectivity index (χ0) is 16.2. The maximum atomic E-state index is 12.8. The summed E-state index contributed by atoms with van der Waals surface area (Å²) in [4.78, 5) is 14.6. The van der Waals surface area contributed by atoms with Crippen LogP contribution in [0.25, 0.3) is 11.3 Å². The smallest absolute Gasteiger partial charge is 0.257 e. The van der Waals surface area contributed by atoms with Gasteiger partial charge in [-0.25, -0.2) is 0 Å². The third-order valence-corrected chi connectivity index (χ3v) is 3.72. The fourth-order valence-electron chi connectivity index (χ4n) is 2.55. The number of rotatable bonds is 5. The van der Waals surface area contributed by atoms with Gasteiger partial charge in [0.15, 0.2) is 0 Å². The third-order valence-electron chi connectivity index (χ3n) is 3.72. The number of ether oxygens (including phenoxy) is 2. The molecule has 23 heavy (non-hydrogen) atoms. The summed E-state index contributed by atoms with van der Waals surface area (Å²) >= 11 is 0. The molecule has 124 valence electrons. The van der Waals surface area contributed by atoms with Crippen LogP contribution in [-0.2, 0) is 9.47 Å². The van der Waals surface area contributed by atoms with Crippen molar-refractivity contribution in [2.24, 2.45) is 0 Å². The molecule has 0 saturated carbocycles. The van der Waals surface area contributed by atoms with Crippen LogP contribution in [-0.4, -0.2) is 59.5 Å². The molecule has 3 heterocycles. The van der Waals surface area contributed by atoms with E-state index in [4.69, 9.17) is 13.9 Å². The van der Waals surface area contributed by atoms with E-state index in [9.17, 15) is 4.79 Å². The Morgan fingerprint density at radius 2 is 2.43 bits per heavy atom. The van der Waals surface area contributed by atoms with Gasteiger partial charge in [0.1, 0.15) is 0 Å². The van der Waals surface area contributed by atoms with E-state index in [2.05, 4.69) is 10.2 Å². The number of morpholine rings is 1. The molecule has 1 aliphatic heterocycles. The highest BCUT2D eigenvalue weighted by Crippen LogP contribution is 2.23. The number of furan rings is 1. The van der Waals surface area contributed by atoms with Crippen molar-refractivity contribution in [3.05, 3.63) is 30.4 Å². The molecule has 7 nitrogen and oxygen atoms in total. The van der Waals surface area contributed by atoms with Gasteiger partial charge in [-0.1, -0.05) is 0 Å². The molecule has 0 bridgehead atoms. The van der Waals surface area contributed by atoms with Crippen molar-refractivity contribution < 1.29 is 18.7 Å². The van der Waals surface area contributed by atoms with Gasteiger partial charge in [0.2, 0.25) is 0 Å². The lowest BCUT2D eigenvalue weighted by Gasteiger charge is -2.33. The molecular weight excluding hydrogens is 298 g/mol. The summed E-state index contributed by atoms with van der Waals surface area (Å²) in [6.45, 7) is 6.04. The minimum Gasteiger partial charge on any atom is -0.472 e. The summed E-state index contributed by atoms with van der Waals surface area (Å²) < 4.78 is 16.3. The van der Waals surface area contributed by atoms with Crippen LogP contribution in [0, 0.1) is 0 Å². The monoisotopic (exact) mass is 319 g/mol. The van der Waals surface area contributed by atoms with Gasteiger partial charge in [-0.3, -0.25) is 9.89 Å². The van der Waals surface area contributed by atoms with Gasteiger partial charge < -0.3 is 18.8 Å². The summed E-state index contributed by atoms with van der Waals surface area (Å²) in [6.07, 6.45) is 4.76. The van der Waals surface area contributed by atoms with E-state index in [-0.39, 0.29) is 18.1 Å². The van der Waals surface area contributed by atoms with E-state index in [0.29, 0.717) is 37.6 Å². The summed E-state index contributed by atoms with van der Waals surface area (Å²) in [6, 6.07) is 1.79. The molecule has 1 aliphatic rings. The molecular formula is C16H21N3O4. The van der Waals surface area contributed by atoms with Crippen molar-refractivity contribution >= 4 is 5.91 Å². The highest BCUT2D eigenvalue weighted by atomic mass is 16.5. The van der Waals surface area contributed by atoms with Gasteiger partial charge in [0.25, 0.3) is 5.91 Å². The molecule has 7 heteroatoms.